The largest absolute Gasteiger partial charge is 0.348 e. The second-order valence-electron chi connectivity index (χ2n) is 6.81. The minimum Gasteiger partial charge on any atom is -0.348 e. The molecule has 1 atom stereocenters. The van der Waals surface area contributed by atoms with E-state index >= 15 is 0 Å². The molecule has 0 radical (unpaired) electrons. The van der Waals surface area contributed by atoms with Crippen LogP contribution in [0.5, 0.6) is 0 Å². The van der Waals surface area contributed by atoms with Crippen LogP contribution in [-0.4, -0.2) is 24.6 Å². The van der Waals surface area contributed by atoms with Crippen LogP contribution in [0.15, 0.2) is 71.5 Å². The summed E-state index contributed by atoms with van der Waals surface area (Å²) in [5, 5.41) is 3.71. The second-order valence-corrected chi connectivity index (χ2v) is 9.39. The summed E-state index contributed by atoms with van der Waals surface area (Å²) in [6.07, 6.45) is 3.03. The number of hydrogen-bond donors (Lipinski definition) is 2. The van der Waals surface area contributed by atoms with Crippen LogP contribution in [-0.2, 0) is 17.8 Å². The first kappa shape index (κ1) is 23.6. The fourth-order valence-electron chi connectivity index (χ4n) is 3.24. The topological polar surface area (TPSA) is 95.4 Å². The molecule has 11 heteroatoms. The lowest BCUT2D eigenvalue weighted by atomic mass is 10.1. The molecule has 3 aromatic carbocycles. The fraction of sp³-hybridized carbons (Fsp3) is 0.0455. The molecule has 0 bridgehead atoms. The third-order valence-electron chi connectivity index (χ3n) is 4.73. The molecule has 0 saturated carbocycles. The number of fused-ring (bicyclic) bond motifs is 1. The van der Waals surface area contributed by atoms with Crippen molar-refractivity contribution < 1.29 is 13.6 Å². The van der Waals surface area contributed by atoms with Crippen molar-refractivity contribution in [3.05, 3.63) is 92.6 Å². The third kappa shape index (κ3) is 5.18. The first-order valence-corrected chi connectivity index (χ1v) is 12.1. The maximum Gasteiger partial charge on any atom is 0.266 e. The molecular formula is C22H15BrCl2N4O3S. The lowest BCUT2D eigenvalue weighted by Crippen LogP contribution is -2.27. The van der Waals surface area contributed by atoms with E-state index in [0.29, 0.717) is 36.8 Å². The van der Waals surface area contributed by atoms with E-state index in [9.17, 15) is 13.6 Å². The number of para-hydroxylation sites is 1. The highest BCUT2D eigenvalue weighted by Crippen LogP contribution is 2.35. The molecule has 1 amide bonds. The summed E-state index contributed by atoms with van der Waals surface area (Å²) in [7, 11) is 0. The summed E-state index contributed by atoms with van der Waals surface area (Å²) in [6, 6.07) is 14.9. The van der Waals surface area contributed by atoms with Crippen molar-refractivity contribution in [1.29, 1.82) is 0 Å². The molecule has 7 nitrogen and oxygen atoms in total. The third-order valence-corrected chi connectivity index (χ3v) is 6.52. The van der Waals surface area contributed by atoms with E-state index in [1.807, 2.05) is 0 Å². The van der Waals surface area contributed by atoms with Gasteiger partial charge in [-0.1, -0.05) is 51.3 Å². The van der Waals surface area contributed by atoms with Gasteiger partial charge in [0.05, 0.1) is 22.5 Å². The van der Waals surface area contributed by atoms with Gasteiger partial charge < -0.3 is 5.32 Å². The Morgan fingerprint density at radius 2 is 1.85 bits per heavy atom. The van der Waals surface area contributed by atoms with Gasteiger partial charge >= 0.3 is 0 Å². The molecule has 0 aliphatic carbocycles. The molecule has 0 aliphatic heterocycles. The van der Waals surface area contributed by atoms with Crippen LogP contribution in [0.25, 0.3) is 11.0 Å². The Hall–Kier alpha value is -2.56. The van der Waals surface area contributed by atoms with Gasteiger partial charge in [-0.2, -0.15) is 0 Å². The van der Waals surface area contributed by atoms with Gasteiger partial charge in [0.25, 0.3) is 17.2 Å². The summed E-state index contributed by atoms with van der Waals surface area (Å²) in [6.45, 7) is 0.145. The molecule has 0 saturated heterocycles. The minimum absolute atomic E-state index is 0.145. The van der Waals surface area contributed by atoms with Crippen LogP contribution >= 0.6 is 39.1 Å². The molecule has 4 aromatic rings. The summed E-state index contributed by atoms with van der Waals surface area (Å²) in [5.41, 5.74) is 2.37. The number of halogens is 3. The number of rotatable bonds is 6. The number of hydrogen-bond acceptors (Lipinski definition) is 4. The zero-order valence-electron chi connectivity index (χ0n) is 16.7. The molecule has 4 rings (SSSR count). The van der Waals surface area contributed by atoms with Crippen molar-refractivity contribution >= 4 is 78.7 Å². The Labute approximate surface area is 210 Å². The lowest BCUT2D eigenvalue weighted by molar-refractivity contribution is 0.0951. The molecule has 0 fully saturated rings. The summed E-state index contributed by atoms with van der Waals surface area (Å²) in [4.78, 5) is 21.7. The highest BCUT2D eigenvalue weighted by molar-refractivity contribution is 9.10. The van der Waals surface area contributed by atoms with Crippen molar-refractivity contribution in [2.75, 3.05) is 4.31 Å². The molecule has 1 unspecified atom stereocenters. The van der Waals surface area contributed by atoms with E-state index in [4.69, 9.17) is 23.2 Å². The number of benzene rings is 3. The van der Waals surface area contributed by atoms with Crippen LogP contribution in [0.1, 0.15) is 15.9 Å². The van der Waals surface area contributed by atoms with Gasteiger partial charge in [-0.25, -0.2) is 8.51 Å². The SMILES string of the molecule is O=C(NCc1ccc(Cl)cc1Cl)c1ccc(Br)cc1N(c1cccc2nccnc12)S(=O)O. The minimum atomic E-state index is -2.51. The highest BCUT2D eigenvalue weighted by Gasteiger charge is 2.24. The fourth-order valence-corrected chi connectivity index (χ4v) is 4.70. The molecule has 2 N–H and O–H groups in total. The zero-order chi connectivity index (χ0) is 23.5. The number of nitrogens with one attached hydrogen (secondary N) is 1. The normalized spacial score (nSPS) is 11.9. The maximum atomic E-state index is 13.1. The maximum absolute atomic E-state index is 13.1. The van der Waals surface area contributed by atoms with Crippen LogP contribution < -0.4 is 9.62 Å². The molecule has 0 spiro atoms. The van der Waals surface area contributed by atoms with Crippen LogP contribution in [0.4, 0.5) is 11.4 Å². The molecule has 1 aromatic heterocycles. The summed E-state index contributed by atoms with van der Waals surface area (Å²) >= 11 is 13.0. The lowest BCUT2D eigenvalue weighted by Gasteiger charge is -2.23. The Kier molecular flexibility index (Phi) is 7.26. The van der Waals surface area contributed by atoms with Crippen LogP contribution in [0, 0.1) is 0 Å². The van der Waals surface area contributed by atoms with Crippen molar-refractivity contribution in [2.45, 2.75) is 6.54 Å². The van der Waals surface area contributed by atoms with Crippen molar-refractivity contribution in [1.82, 2.24) is 15.3 Å². The average Bonchev–Trinajstić information content (AvgIpc) is 2.78. The number of amides is 1. The van der Waals surface area contributed by atoms with Gasteiger partial charge in [0, 0.05) is 33.5 Å². The molecule has 168 valence electrons. The van der Waals surface area contributed by atoms with E-state index in [2.05, 4.69) is 31.2 Å². The number of anilines is 2. The van der Waals surface area contributed by atoms with Crippen molar-refractivity contribution in [3.8, 4) is 0 Å². The van der Waals surface area contributed by atoms with Crippen molar-refractivity contribution in [3.63, 3.8) is 0 Å². The summed E-state index contributed by atoms with van der Waals surface area (Å²) < 4.78 is 24.5. The van der Waals surface area contributed by atoms with Gasteiger partial charge in [0.1, 0.15) is 5.52 Å². The van der Waals surface area contributed by atoms with Crippen LogP contribution in [0.2, 0.25) is 10.0 Å². The quantitative estimate of drug-likeness (QED) is 0.284. The van der Waals surface area contributed by atoms with E-state index in [1.54, 1.807) is 54.6 Å². The summed E-state index contributed by atoms with van der Waals surface area (Å²) in [5.74, 6) is -0.453. The monoisotopic (exact) mass is 564 g/mol. The van der Waals surface area contributed by atoms with Gasteiger partial charge in [0.2, 0.25) is 0 Å². The predicted octanol–water partition coefficient (Wildman–Crippen LogP) is 5.90. The first-order chi connectivity index (χ1) is 15.8. The van der Waals surface area contributed by atoms with Crippen molar-refractivity contribution in [2.24, 2.45) is 0 Å². The van der Waals surface area contributed by atoms with E-state index in [1.165, 1.54) is 12.4 Å². The molecule has 33 heavy (non-hydrogen) atoms. The zero-order valence-corrected chi connectivity index (χ0v) is 20.6. The van der Waals surface area contributed by atoms with Gasteiger partial charge in [-0.15, -0.1) is 0 Å². The van der Waals surface area contributed by atoms with Gasteiger partial charge in [-0.3, -0.25) is 19.3 Å². The van der Waals surface area contributed by atoms with E-state index in [-0.39, 0.29) is 17.8 Å². The Morgan fingerprint density at radius 3 is 2.61 bits per heavy atom. The predicted molar refractivity (Wildman–Crippen MR) is 134 cm³/mol. The first-order valence-electron chi connectivity index (χ1n) is 9.47. The standard InChI is InChI=1S/C22H15BrCl2N4O3S/c23-14-5-7-16(22(30)28-12-13-4-6-15(24)11-17(13)25)20(10-14)29(33(31)32)19-3-1-2-18-21(19)27-9-8-26-18/h1-11H,12H2,(H,28,30)(H,31,32). The molecule has 1 heterocycles. The van der Waals surface area contributed by atoms with Gasteiger partial charge in [0.15, 0.2) is 0 Å². The number of carbonyl (C=O) groups excluding carboxylic acids is 1. The number of nitrogens with zero attached hydrogens (tertiary/aromatic N) is 3. The average molecular weight is 566 g/mol. The smallest absolute Gasteiger partial charge is 0.266 e. The van der Waals surface area contributed by atoms with E-state index in [0.717, 1.165) is 4.31 Å². The van der Waals surface area contributed by atoms with E-state index < -0.39 is 17.2 Å². The Morgan fingerprint density at radius 1 is 1.06 bits per heavy atom. The molecule has 0 aliphatic rings. The Balaban J connectivity index is 1.74. The van der Waals surface area contributed by atoms with Crippen LogP contribution in [0.3, 0.4) is 0 Å². The molecular weight excluding hydrogens is 551 g/mol. The highest BCUT2D eigenvalue weighted by atomic mass is 79.9. The van der Waals surface area contributed by atoms with Gasteiger partial charge in [-0.05, 0) is 48.0 Å². The number of carbonyl (C=O) groups is 1. The second kappa shape index (κ2) is 10.1. The Bertz CT molecular complexity index is 1380. The number of aromatic nitrogens is 2.